The Morgan fingerprint density at radius 3 is 2.56 bits per heavy atom. The summed E-state index contributed by atoms with van der Waals surface area (Å²) < 4.78 is 4.94. The number of carbonyl (C=O) groups is 1. The predicted octanol–water partition coefficient (Wildman–Crippen LogP) is 5.44. The van der Waals surface area contributed by atoms with E-state index in [2.05, 4.69) is 17.3 Å². The number of hydrogen-bond donors (Lipinski definition) is 1. The van der Waals surface area contributed by atoms with E-state index >= 15 is 0 Å². The lowest BCUT2D eigenvalue weighted by molar-refractivity contribution is 0.163. The lowest BCUT2D eigenvalue weighted by Gasteiger charge is -2.13. The molecule has 0 unspecified atom stereocenters. The molecular formula is C17H20Cl3N3O2. The van der Waals surface area contributed by atoms with Gasteiger partial charge >= 0.3 is 6.09 Å². The molecule has 0 aliphatic carbocycles. The van der Waals surface area contributed by atoms with E-state index in [0.29, 0.717) is 5.82 Å². The van der Waals surface area contributed by atoms with Gasteiger partial charge in [-0.05, 0) is 31.9 Å². The Bertz CT molecular complexity index is 709. The number of unbranched alkanes of at least 4 members (excludes halogenated alkanes) is 1. The molecule has 2 aromatic rings. The molecule has 8 heteroatoms. The fourth-order valence-corrected chi connectivity index (χ4v) is 2.33. The van der Waals surface area contributed by atoms with Gasteiger partial charge in [-0.25, -0.2) is 9.48 Å². The number of halogens is 3. The molecule has 25 heavy (non-hydrogen) atoms. The Morgan fingerprint density at radius 1 is 1.28 bits per heavy atom. The average molecular weight is 405 g/mol. The van der Waals surface area contributed by atoms with Crippen LogP contribution in [0.2, 0.25) is 0 Å². The monoisotopic (exact) mass is 403 g/mol. The van der Waals surface area contributed by atoms with Gasteiger partial charge in [0.1, 0.15) is 12.4 Å². The quantitative estimate of drug-likeness (QED) is 0.652. The highest BCUT2D eigenvalue weighted by atomic mass is 35.6. The van der Waals surface area contributed by atoms with Gasteiger partial charge in [0.2, 0.25) is 3.79 Å². The van der Waals surface area contributed by atoms with Gasteiger partial charge in [0.05, 0.1) is 11.4 Å². The molecule has 0 bridgehead atoms. The SMILES string of the molecule is CCCCc1cc(NC(=O)OCC(Cl)(Cl)Cl)n(-c2ccc(C)cc2)n1. The van der Waals surface area contributed by atoms with Crippen molar-refractivity contribution >= 4 is 46.7 Å². The molecule has 1 aromatic heterocycles. The van der Waals surface area contributed by atoms with Crippen LogP contribution in [0, 0.1) is 6.92 Å². The van der Waals surface area contributed by atoms with E-state index in [-0.39, 0.29) is 6.61 Å². The van der Waals surface area contributed by atoms with Gasteiger partial charge in [-0.15, -0.1) is 0 Å². The van der Waals surface area contributed by atoms with E-state index in [9.17, 15) is 4.79 Å². The topological polar surface area (TPSA) is 56.1 Å². The van der Waals surface area contributed by atoms with Gasteiger partial charge < -0.3 is 4.74 Å². The average Bonchev–Trinajstić information content (AvgIpc) is 2.94. The number of carbonyl (C=O) groups excluding carboxylic acids is 1. The highest BCUT2D eigenvalue weighted by molar-refractivity contribution is 6.67. The standard InChI is InChI=1S/C17H20Cl3N3O2/c1-3-4-5-13-10-15(21-16(24)25-11-17(18,19)20)23(22-13)14-8-6-12(2)7-9-14/h6-10H,3-5,11H2,1-2H3,(H,21,24). The highest BCUT2D eigenvalue weighted by Crippen LogP contribution is 2.26. The van der Waals surface area contributed by atoms with E-state index < -0.39 is 9.89 Å². The lowest BCUT2D eigenvalue weighted by Crippen LogP contribution is -2.22. The predicted molar refractivity (Wildman–Crippen MR) is 102 cm³/mol. The summed E-state index contributed by atoms with van der Waals surface area (Å²) in [5.74, 6) is 0.504. The Hall–Kier alpha value is -1.43. The number of nitrogens with zero attached hydrogens (tertiary/aromatic N) is 2. The number of ether oxygens (including phenoxy) is 1. The summed E-state index contributed by atoms with van der Waals surface area (Å²) in [5.41, 5.74) is 2.86. The van der Waals surface area contributed by atoms with Crippen LogP contribution in [-0.2, 0) is 11.2 Å². The first-order chi connectivity index (χ1) is 11.8. The molecule has 1 N–H and O–H groups in total. The number of aromatic nitrogens is 2. The van der Waals surface area contributed by atoms with Crippen molar-refractivity contribution in [3.8, 4) is 5.69 Å². The summed E-state index contributed by atoms with van der Waals surface area (Å²) in [5, 5.41) is 7.23. The van der Waals surface area contributed by atoms with Crippen molar-refractivity contribution in [2.75, 3.05) is 11.9 Å². The first-order valence-electron chi connectivity index (χ1n) is 7.95. The van der Waals surface area contributed by atoms with E-state index in [0.717, 1.165) is 36.2 Å². The van der Waals surface area contributed by atoms with Gasteiger partial charge in [-0.3, -0.25) is 5.32 Å². The molecule has 0 aliphatic rings. The number of nitrogens with one attached hydrogen (secondary N) is 1. The maximum atomic E-state index is 12.0. The lowest BCUT2D eigenvalue weighted by atomic mass is 10.2. The third-order valence-electron chi connectivity index (χ3n) is 3.42. The number of aryl methyl sites for hydroxylation is 2. The van der Waals surface area contributed by atoms with Crippen molar-refractivity contribution in [1.29, 1.82) is 0 Å². The van der Waals surface area contributed by atoms with Crippen LogP contribution < -0.4 is 5.32 Å². The van der Waals surface area contributed by atoms with Gasteiger partial charge in [-0.1, -0.05) is 65.8 Å². The van der Waals surface area contributed by atoms with Crippen LogP contribution in [0.15, 0.2) is 30.3 Å². The first kappa shape index (κ1) is 19.9. The largest absolute Gasteiger partial charge is 0.445 e. The number of amides is 1. The number of benzene rings is 1. The third kappa shape index (κ3) is 6.42. The zero-order valence-corrected chi connectivity index (χ0v) is 16.3. The summed E-state index contributed by atoms with van der Waals surface area (Å²) in [6, 6.07) is 9.65. The molecule has 136 valence electrons. The van der Waals surface area contributed by atoms with E-state index in [1.54, 1.807) is 4.68 Å². The summed E-state index contributed by atoms with van der Waals surface area (Å²) in [6.45, 7) is 3.78. The van der Waals surface area contributed by atoms with Gasteiger partial charge in [0.15, 0.2) is 0 Å². The van der Waals surface area contributed by atoms with Crippen LogP contribution in [0.25, 0.3) is 5.69 Å². The molecular weight excluding hydrogens is 385 g/mol. The molecule has 0 saturated heterocycles. The van der Waals surface area contributed by atoms with Crippen LogP contribution in [-0.4, -0.2) is 26.3 Å². The fraction of sp³-hybridized carbons (Fsp3) is 0.412. The van der Waals surface area contributed by atoms with Crippen LogP contribution in [0.4, 0.5) is 10.6 Å². The van der Waals surface area contributed by atoms with Crippen LogP contribution >= 0.6 is 34.8 Å². The van der Waals surface area contributed by atoms with Crippen molar-refractivity contribution in [1.82, 2.24) is 9.78 Å². The minimum atomic E-state index is -1.65. The molecule has 0 spiro atoms. The van der Waals surface area contributed by atoms with Crippen molar-refractivity contribution in [3.05, 3.63) is 41.6 Å². The number of alkyl halides is 3. The Kier molecular flexibility index (Phi) is 6.99. The second-order valence-corrected chi connectivity index (χ2v) is 8.20. The second kappa shape index (κ2) is 8.79. The van der Waals surface area contributed by atoms with Gasteiger partial charge in [-0.2, -0.15) is 5.10 Å². The molecule has 1 amide bonds. The smallest absolute Gasteiger partial charge is 0.412 e. The molecule has 0 fully saturated rings. The number of anilines is 1. The minimum absolute atomic E-state index is 0.342. The summed E-state index contributed by atoms with van der Waals surface area (Å²) >= 11 is 16.8. The molecule has 5 nitrogen and oxygen atoms in total. The van der Waals surface area contributed by atoms with Crippen molar-refractivity contribution in [3.63, 3.8) is 0 Å². The van der Waals surface area contributed by atoms with Crippen LogP contribution in [0.5, 0.6) is 0 Å². The Balaban J connectivity index is 2.20. The molecule has 1 aromatic carbocycles. The zero-order chi connectivity index (χ0) is 18.4. The molecule has 0 aliphatic heterocycles. The molecule has 2 rings (SSSR count). The maximum absolute atomic E-state index is 12.0. The van der Waals surface area contributed by atoms with E-state index in [4.69, 9.17) is 39.5 Å². The summed E-state index contributed by atoms with van der Waals surface area (Å²) in [7, 11) is 0. The molecule has 1 heterocycles. The number of hydrogen-bond acceptors (Lipinski definition) is 3. The van der Waals surface area contributed by atoms with Crippen LogP contribution in [0.3, 0.4) is 0 Å². The first-order valence-corrected chi connectivity index (χ1v) is 9.08. The summed E-state index contributed by atoms with van der Waals surface area (Å²) in [4.78, 5) is 12.0. The van der Waals surface area contributed by atoms with Gasteiger partial charge in [0, 0.05) is 6.07 Å². The third-order valence-corrected chi connectivity index (χ3v) is 3.75. The van der Waals surface area contributed by atoms with Crippen LogP contribution in [0.1, 0.15) is 31.0 Å². The normalized spacial score (nSPS) is 11.4. The fourth-order valence-electron chi connectivity index (χ4n) is 2.17. The molecule has 0 saturated carbocycles. The van der Waals surface area contributed by atoms with E-state index in [1.807, 2.05) is 37.3 Å². The summed E-state index contributed by atoms with van der Waals surface area (Å²) in [6.07, 6.45) is 2.20. The Morgan fingerprint density at radius 2 is 1.96 bits per heavy atom. The highest BCUT2D eigenvalue weighted by Gasteiger charge is 2.23. The maximum Gasteiger partial charge on any atom is 0.412 e. The molecule has 0 atom stereocenters. The van der Waals surface area contributed by atoms with Crippen molar-refractivity contribution in [2.24, 2.45) is 0 Å². The number of rotatable bonds is 6. The van der Waals surface area contributed by atoms with E-state index in [1.165, 1.54) is 0 Å². The van der Waals surface area contributed by atoms with Crippen molar-refractivity contribution < 1.29 is 9.53 Å². The zero-order valence-electron chi connectivity index (χ0n) is 14.1. The van der Waals surface area contributed by atoms with Crippen molar-refractivity contribution in [2.45, 2.75) is 36.9 Å². The second-order valence-electron chi connectivity index (χ2n) is 5.69. The van der Waals surface area contributed by atoms with Gasteiger partial charge in [0.25, 0.3) is 0 Å². The Labute approximate surface area is 162 Å². The molecule has 0 radical (unpaired) electrons. The minimum Gasteiger partial charge on any atom is -0.445 e.